The Balaban J connectivity index is 1.69. The van der Waals surface area contributed by atoms with E-state index in [9.17, 15) is 4.79 Å². The normalized spacial score (nSPS) is 10.5. The highest BCUT2D eigenvalue weighted by Gasteiger charge is 2.08. The predicted molar refractivity (Wildman–Crippen MR) is 115 cm³/mol. The first-order valence-corrected chi connectivity index (χ1v) is 10.3. The lowest BCUT2D eigenvalue weighted by atomic mass is 10.0. The van der Waals surface area contributed by atoms with E-state index in [1.165, 1.54) is 23.8 Å². The largest absolute Gasteiger partial charge is 0.489 e. The second-order valence-corrected chi connectivity index (χ2v) is 7.10. The average Bonchev–Trinajstić information content (AvgIpc) is 2.77. The van der Waals surface area contributed by atoms with Crippen molar-refractivity contribution >= 4 is 21.9 Å². The van der Waals surface area contributed by atoms with Crippen LogP contribution in [0.15, 0.2) is 72.8 Å². The van der Waals surface area contributed by atoms with Gasteiger partial charge in [-0.25, -0.2) is 4.79 Å². The number of methoxy groups -OCH3 is 1. The molecule has 3 rings (SSSR count). The van der Waals surface area contributed by atoms with Crippen LogP contribution in [0.4, 0.5) is 0 Å². The third-order valence-corrected chi connectivity index (χ3v) is 5.22. The molecule has 0 N–H and O–H groups in total. The van der Waals surface area contributed by atoms with Crippen molar-refractivity contribution in [1.82, 2.24) is 0 Å². The summed E-state index contributed by atoms with van der Waals surface area (Å²) in [5.41, 5.74) is 5.30. The van der Waals surface area contributed by atoms with Crippen LogP contribution in [-0.2, 0) is 29.5 Å². The zero-order valence-corrected chi connectivity index (χ0v) is 17.4. The summed E-state index contributed by atoms with van der Waals surface area (Å²) in [7, 11) is 1.38. The summed E-state index contributed by atoms with van der Waals surface area (Å²) in [6.07, 6.45) is 1.89. The molecule has 0 bridgehead atoms. The van der Waals surface area contributed by atoms with Crippen LogP contribution < -0.4 is 4.74 Å². The fourth-order valence-corrected chi connectivity index (χ4v) is 3.34. The Hall–Kier alpha value is -2.59. The third-order valence-electron chi connectivity index (χ3n) is 4.57. The summed E-state index contributed by atoms with van der Waals surface area (Å²) in [5.74, 6) is 0.568. The Morgan fingerprint density at radius 1 is 0.857 bits per heavy atom. The van der Waals surface area contributed by atoms with Gasteiger partial charge in [-0.15, -0.1) is 0 Å². The van der Waals surface area contributed by atoms with Crippen molar-refractivity contribution in [2.24, 2.45) is 0 Å². The van der Waals surface area contributed by atoms with Crippen LogP contribution in [0.3, 0.4) is 0 Å². The average molecular weight is 439 g/mol. The molecule has 0 aromatic heterocycles. The minimum Gasteiger partial charge on any atom is -0.489 e. The topological polar surface area (TPSA) is 35.5 Å². The van der Waals surface area contributed by atoms with Gasteiger partial charge in [0.25, 0.3) is 0 Å². The number of hydrogen-bond donors (Lipinski definition) is 0. The van der Waals surface area contributed by atoms with E-state index in [0.29, 0.717) is 12.2 Å². The highest BCUT2D eigenvalue weighted by Crippen LogP contribution is 2.24. The maximum Gasteiger partial charge on any atom is 0.337 e. The maximum absolute atomic E-state index is 11.5. The van der Waals surface area contributed by atoms with E-state index >= 15 is 0 Å². The lowest BCUT2D eigenvalue weighted by molar-refractivity contribution is 0.0600. The summed E-state index contributed by atoms with van der Waals surface area (Å²) in [5, 5.41) is 0.820. The van der Waals surface area contributed by atoms with E-state index in [2.05, 4.69) is 52.3 Å². The Morgan fingerprint density at radius 3 is 2.25 bits per heavy atom. The number of alkyl halides is 1. The lowest BCUT2D eigenvalue weighted by Crippen LogP contribution is -2.03. The zero-order valence-electron chi connectivity index (χ0n) is 15.9. The van der Waals surface area contributed by atoms with Gasteiger partial charge in [0.05, 0.1) is 12.7 Å². The van der Waals surface area contributed by atoms with Crippen molar-refractivity contribution in [3.05, 3.63) is 101 Å². The quantitative estimate of drug-likeness (QED) is 0.332. The van der Waals surface area contributed by atoms with Gasteiger partial charge in [-0.05, 0) is 53.3 Å². The fourth-order valence-electron chi connectivity index (χ4n) is 2.99. The van der Waals surface area contributed by atoms with Gasteiger partial charge in [0.1, 0.15) is 12.4 Å². The molecule has 0 amide bonds. The summed E-state index contributed by atoms with van der Waals surface area (Å²) >= 11 is 3.53. The standard InChI is InChI=1S/C24H23BrO3/c1-27-24(26)21-11-8-19(9-12-21)17-28-23-14-10-20(16-25)15-22(23)13-7-18-5-3-2-4-6-18/h2-6,8-12,14-15H,7,13,16-17H2,1H3. The second kappa shape index (κ2) is 10.1. The van der Waals surface area contributed by atoms with Crippen molar-refractivity contribution in [2.45, 2.75) is 24.8 Å². The monoisotopic (exact) mass is 438 g/mol. The van der Waals surface area contributed by atoms with Crippen molar-refractivity contribution in [3.8, 4) is 5.75 Å². The number of esters is 1. The van der Waals surface area contributed by atoms with E-state index in [0.717, 1.165) is 29.5 Å². The summed E-state index contributed by atoms with van der Waals surface area (Å²) in [4.78, 5) is 11.5. The highest BCUT2D eigenvalue weighted by atomic mass is 79.9. The van der Waals surface area contributed by atoms with Crippen LogP contribution in [0.5, 0.6) is 5.75 Å². The van der Waals surface area contributed by atoms with E-state index < -0.39 is 0 Å². The molecule has 0 aliphatic carbocycles. The van der Waals surface area contributed by atoms with Gasteiger partial charge in [0.2, 0.25) is 0 Å². The molecule has 28 heavy (non-hydrogen) atoms. The van der Waals surface area contributed by atoms with Crippen LogP contribution in [0, 0.1) is 0 Å². The van der Waals surface area contributed by atoms with Gasteiger partial charge in [-0.1, -0.05) is 70.5 Å². The van der Waals surface area contributed by atoms with Crippen molar-refractivity contribution in [3.63, 3.8) is 0 Å². The van der Waals surface area contributed by atoms with Gasteiger partial charge >= 0.3 is 5.97 Å². The van der Waals surface area contributed by atoms with Gasteiger partial charge in [0, 0.05) is 5.33 Å². The Kier molecular flexibility index (Phi) is 7.26. The molecule has 0 unspecified atom stereocenters. The minimum atomic E-state index is -0.332. The molecular weight excluding hydrogens is 416 g/mol. The maximum atomic E-state index is 11.5. The number of benzene rings is 3. The summed E-state index contributed by atoms with van der Waals surface area (Å²) < 4.78 is 10.8. The molecule has 4 heteroatoms. The Labute approximate surface area is 174 Å². The SMILES string of the molecule is COC(=O)c1ccc(COc2ccc(CBr)cc2CCc2ccccc2)cc1. The van der Waals surface area contributed by atoms with Gasteiger partial charge in [0.15, 0.2) is 0 Å². The van der Waals surface area contributed by atoms with E-state index in [-0.39, 0.29) is 5.97 Å². The van der Waals surface area contributed by atoms with Crippen LogP contribution in [0.25, 0.3) is 0 Å². The smallest absolute Gasteiger partial charge is 0.337 e. The van der Waals surface area contributed by atoms with Gasteiger partial charge in [-0.3, -0.25) is 0 Å². The summed E-state index contributed by atoms with van der Waals surface area (Å²) in [6, 6.07) is 24.1. The number of hydrogen-bond acceptors (Lipinski definition) is 3. The Bertz CT molecular complexity index is 905. The molecule has 0 saturated carbocycles. The van der Waals surface area contributed by atoms with E-state index in [4.69, 9.17) is 9.47 Å². The van der Waals surface area contributed by atoms with Crippen molar-refractivity contribution in [2.75, 3.05) is 7.11 Å². The number of carbonyl (C=O) groups is 1. The van der Waals surface area contributed by atoms with Crippen LogP contribution in [-0.4, -0.2) is 13.1 Å². The van der Waals surface area contributed by atoms with Crippen LogP contribution in [0.1, 0.15) is 32.6 Å². The summed E-state index contributed by atoms with van der Waals surface area (Å²) in [6.45, 7) is 0.452. The molecule has 0 aliphatic rings. The number of rotatable bonds is 8. The zero-order chi connectivity index (χ0) is 19.8. The molecule has 0 fully saturated rings. The van der Waals surface area contributed by atoms with Crippen molar-refractivity contribution in [1.29, 1.82) is 0 Å². The molecule has 0 saturated heterocycles. The van der Waals surface area contributed by atoms with E-state index in [1.807, 2.05) is 24.3 Å². The molecule has 0 spiro atoms. The first-order valence-electron chi connectivity index (χ1n) is 9.21. The Morgan fingerprint density at radius 2 is 1.57 bits per heavy atom. The van der Waals surface area contributed by atoms with Crippen molar-refractivity contribution < 1.29 is 14.3 Å². The molecule has 3 nitrogen and oxygen atoms in total. The first-order chi connectivity index (χ1) is 13.7. The molecule has 0 aliphatic heterocycles. The number of halogens is 1. The number of carbonyl (C=O) groups excluding carboxylic acids is 1. The minimum absolute atomic E-state index is 0.332. The molecule has 0 radical (unpaired) electrons. The second-order valence-electron chi connectivity index (χ2n) is 6.54. The van der Waals surface area contributed by atoms with Gasteiger partial charge in [-0.2, -0.15) is 0 Å². The highest BCUT2D eigenvalue weighted by molar-refractivity contribution is 9.08. The molecule has 0 heterocycles. The fraction of sp³-hybridized carbons (Fsp3) is 0.208. The predicted octanol–water partition coefficient (Wildman–Crippen LogP) is 5.73. The van der Waals surface area contributed by atoms with Gasteiger partial charge < -0.3 is 9.47 Å². The first kappa shape index (κ1) is 20.2. The lowest BCUT2D eigenvalue weighted by Gasteiger charge is -2.13. The van der Waals surface area contributed by atoms with Crippen LogP contribution in [0.2, 0.25) is 0 Å². The van der Waals surface area contributed by atoms with Crippen LogP contribution >= 0.6 is 15.9 Å². The van der Waals surface area contributed by atoms with E-state index in [1.54, 1.807) is 12.1 Å². The molecular formula is C24H23BrO3. The number of aryl methyl sites for hydroxylation is 2. The third kappa shape index (κ3) is 5.46. The molecule has 0 atom stereocenters. The molecule has 3 aromatic rings. The molecule has 3 aromatic carbocycles. The molecule has 144 valence electrons. The number of ether oxygens (including phenoxy) is 2.